The Balaban J connectivity index is 1.22. The van der Waals surface area contributed by atoms with Crippen LogP contribution in [-0.2, 0) is 22.6 Å². The Hall–Kier alpha value is -2.63. The van der Waals surface area contributed by atoms with Crippen molar-refractivity contribution in [3.8, 4) is 5.88 Å². The van der Waals surface area contributed by atoms with Gasteiger partial charge in [-0.15, -0.1) is 0 Å². The number of aromatic nitrogens is 1. The number of rotatable bonds is 8. The van der Waals surface area contributed by atoms with Gasteiger partial charge in [0.2, 0.25) is 11.8 Å². The number of fused-ring (bicyclic) bond motifs is 1. The lowest BCUT2D eigenvalue weighted by atomic mass is 10.0. The topological polar surface area (TPSA) is 90.4 Å². The third-order valence-corrected chi connectivity index (χ3v) is 8.98. The van der Waals surface area contributed by atoms with Crippen LogP contribution in [0, 0.1) is 11.7 Å². The zero-order chi connectivity index (χ0) is 28.5. The maximum atomic E-state index is 14.1. The summed E-state index contributed by atoms with van der Waals surface area (Å²) >= 11 is 0. The average Bonchev–Trinajstić information content (AvgIpc) is 3.81. The molecule has 4 aliphatic rings. The fraction of sp³-hybridized carbons (Fsp3) is 0.613. The third kappa shape index (κ3) is 6.41. The molecule has 6 rings (SSSR count). The van der Waals surface area contributed by atoms with Gasteiger partial charge in [0.25, 0.3) is 0 Å². The van der Waals surface area contributed by atoms with E-state index < -0.39 is 0 Å². The molecule has 1 aromatic heterocycles. The van der Waals surface area contributed by atoms with E-state index in [0.717, 1.165) is 56.4 Å². The number of piperazine rings is 1. The Kier molecular flexibility index (Phi) is 8.55. The number of aliphatic hydroxyl groups is 1. The molecule has 0 spiro atoms. The van der Waals surface area contributed by atoms with E-state index in [1.54, 1.807) is 12.1 Å². The molecule has 2 aromatic rings. The number of pyridine rings is 1. The van der Waals surface area contributed by atoms with Crippen molar-refractivity contribution in [2.24, 2.45) is 5.92 Å². The van der Waals surface area contributed by atoms with Crippen LogP contribution in [0.15, 0.2) is 30.3 Å². The summed E-state index contributed by atoms with van der Waals surface area (Å²) in [5.74, 6) is 0.838. The Morgan fingerprint density at radius 3 is 2.73 bits per heavy atom. The maximum absolute atomic E-state index is 14.1. The van der Waals surface area contributed by atoms with Gasteiger partial charge in [0.05, 0.1) is 38.1 Å². The maximum Gasteiger partial charge on any atom is 0.241 e. The zero-order valence-corrected chi connectivity index (χ0v) is 24.1. The molecule has 2 saturated heterocycles. The molecule has 1 amide bonds. The van der Waals surface area contributed by atoms with Gasteiger partial charge in [-0.3, -0.25) is 14.6 Å². The van der Waals surface area contributed by atoms with Crippen LogP contribution >= 0.6 is 0 Å². The third-order valence-electron chi connectivity index (χ3n) is 8.98. The van der Waals surface area contributed by atoms with Crippen LogP contribution in [0.3, 0.4) is 0 Å². The number of halogens is 1. The van der Waals surface area contributed by atoms with Gasteiger partial charge in [-0.25, -0.2) is 9.37 Å². The minimum absolute atomic E-state index is 0.0214. The summed E-state index contributed by atoms with van der Waals surface area (Å²) in [6.45, 7) is 9.67. The summed E-state index contributed by atoms with van der Waals surface area (Å²) in [6, 6.07) is 9.08. The van der Waals surface area contributed by atoms with Crippen LogP contribution in [0.25, 0.3) is 0 Å². The first kappa shape index (κ1) is 28.5. The second-order valence-electron chi connectivity index (χ2n) is 12.2. The number of carbonyl (C=O) groups is 1. The van der Waals surface area contributed by atoms with Crippen molar-refractivity contribution in [2.75, 3.05) is 57.4 Å². The molecule has 4 atom stereocenters. The molecule has 3 fully saturated rings. The van der Waals surface area contributed by atoms with Crippen LogP contribution in [0.5, 0.6) is 5.88 Å². The molecule has 0 radical (unpaired) electrons. The highest BCUT2D eigenvalue weighted by Gasteiger charge is 2.40. The lowest BCUT2D eigenvalue weighted by Crippen LogP contribution is -2.63. The van der Waals surface area contributed by atoms with Crippen LogP contribution in [0.1, 0.15) is 43.5 Å². The quantitative estimate of drug-likeness (QED) is 0.502. The highest BCUT2D eigenvalue weighted by molar-refractivity contribution is 5.97. The normalized spacial score (nSPS) is 27.4. The molecule has 4 heterocycles. The van der Waals surface area contributed by atoms with E-state index in [9.17, 15) is 14.3 Å². The van der Waals surface area contributed by atoms with E-state index in [4.69, 9.17) is 9.47 Å². The number of benzene rings is 1. The standard InChI is InChI=1S/C31H42FN5O4/c1-20-14-36(26(13-33-20)15-35-9-10-40-19-29(35)23-5-6-23)16-30(39)37-21(2)18-41-31-28(37)12-24(27(17-38)34-31)11-22-3-7-25(32)8-4-22/h3-4,7-8,12,20-21,23,26,29,33,38H,5-6,9-11,13-19H2,1-2H3/t20-,21+,26-,29+/m1/s1. The van der Waals surface area contributed by atoms with Gasteiger partial charge in [0.1, 0.15) is 18.1 Å². The molecule has 0 bridgehead atoms. The lowest BCUT2D eigenvalue weighted by Gasteiger charge is -2.45. The molecule has 3 aliphatic heterocycles. The molecule has 1 aliphatic carbocycles. The minimum Gasteiger partial charge on any atom is -0.474 e. The smallest absolute Gasteiger partial charge is 0.241 e. The summed E-state index contributed by atoms with van der Waals surface area (Å²) in [5.41, 5.74) is 2.82. The van der Waals surface area contributed by atoms with Gasteiger partial charge in [0.15, 0.2) is 0 Å². The highest BCUT2D eigenvalue weighted by atomic mass is 19.1. The molecule has 41 heavy (non-hydrogen) atoms. The van der Waals surface area contributed by atoms with E-state index in [1.807, 2.05) is 17.9 Å². The summed E-state index contributed by atoms with van der Waals surface area (Å²) in [4.78, 5) is 25.5. The fourth-order valence-corrected chi connectivity index (χ4v) is 6.57. The number of aliphatic hydroxyl groups excluding tert-OH is 1. The van der Waals surface area contributed by atoms with Crippen molar-refractivity contribution in [1.29, 1.82) is 0 Å². The molecular formula is C31H42FN5O4. The molecule has 1 saturated carbocycles. The molecule has 9 nitrogen and oxygen atoms in total. The Bertz CT molecular complexity index is 1230. The Morgan fingerprint density at radius 1 is 1.17 bits per heavy atom. The first-order valence-corrected chi connectivity index (χ1v) is 15.0. The number of morpholine rings is 1. The van der Waals surface area contributed by atoms with Gasteiger partial charge in [-0.05, 0) is 68.4 Å². The van der Waals surface area contributed by atoms with Crippen LogP contribution in [-0.4, -0.2) is 103 Å². The molecular weight excluding hydrogens is 525 g/mol. The molecule has 222 valence electrons. The van der Waals surface area contributed by atoms with Crippen molar-refractivity contribution in [3.05, 3.63) is 53.0 Å². The van der Waals surface area contributed by atoms with Gasteiger partial charge >= 0.3 is 0 Å². The first-order chi connectivity index (χ1) is 19.9. The van der Waals surface area contributed by atoms with Crippen molar-refractivity contribution in [3.63, 3.8) is 0 Å². The van der Waals surface area contributed by atoms with Crippen LogP contribution in [0.2, 0.25) is 0 Å². The van der Waals surface area contributed by atoms with Gasteiger partial charge < -0.3 is 24.8 Å². The number of nitrogens with one attached hydrogen (secondary N) is 1. The number of amides is 1. The van der Waals surface area contributed by atoms with E-state index in [0.29, 0.717) is 48.9 Å². The van der Waals surface area contributed by atoms with Crippen molar-refractivity contribution in [2.45, 2.75) is 63.9 Å². The lowest BCUT2D eigenvalue weighted by molar-refractivity contribution is -0.121. The number of hydrogen-bond acceptors (Lipinski definition) is 8. The predicted molar refractivity (Wildman–Crippen MR) is 154 cm³/mol. The zero-order valence-electron chi connectivity index (χ0n) is 24.1. The van der Waals surface area contributed by atoms with Gasteiger partial charge in [-0.2, -0.15) is 0 Å². The molecule has 10 heteroatoms. The van der Waals surface area contributed by atoms with E-state index >= 15 is 0 Å². The summed E-state index contributed by atoms with van der Waals surface area (Å²) in [6.07, 6.45) is 3.04. The average molecular weight is 568 g/mol. The SMILES string of the molecule is C[C@@H]1CN(CC(=O)N2c3cc(Cc4ccc(F)cc4)c(CO)nc3OC[C@@H]2C)[C@@H](CN2CCOC[C@H]2C2CC2)CN1. The van der Waals surface area contributed by atoms with Crippen LogP contribution < -0.4 is 15.0 Å². The molecule has 0 unspecified atom stereocenters. The molecule has 1 aromatic carbocycles. The number of ether oxygens (including phenoxy) is 2. The van der Waals surface area contributed by atoms with Gasteiger partial charge in [-0.1, -0.05) is 12.1 Å². The second-order valence-corrected chi connectivity index (χ2v) is 12.2. The number of anilines is 1. The predicted octanol–water partition coefficient (Wildman–Crippen LogP) is 2.19. The number of nitrogens with zero attached hydrogens (tertiary/aromatic N) is 4. The van der Waals surface area contributed by atoms with E-state index in [2.05, 4.69) is 27.0 Å². The van der Waals surface area contributed by atoms with E-state index in [-0.39, 0.29) is 30.4 Å². The first-order valence-electron chi connectivity index (χ1n) is 15.0. The van der Waals surface area contributed by atoms with Gasteiger partial charge in [0, 0.05) is 44.3 Å². The van der Waals surface area contributed by atoms with E-state index in [1.165, 1.54) is 25.0 Å². The highest BCUT2D eigenvalue weighted by Crippen LogP contribution is 2.37. The number of carbonyl (C=O) groups excluding carboxylic acids is 1. The van der Waals surface area contributed by atoms with Crippen LogP contribution in [0.4, 0.5) is 10.1 Å². The molecule has 2 N–H and O–H groups in total. The number of hydrogen-bond donors (Lipinski definition) is 2. The Labute approximate surface area is 241 Å². The van der Waals surface area contributed by atoms with Crippen molar-refractivity contribution in [1.82, 2.24) is 20.1 Å². The summed E-state index contributed by atoms with van der Waals surface area (Å²) in [5, 5.41) is 13.7. The minimum atomic E-state index is -0.295. The van der Waals surface area contributed by atoms with Crippen molar-refractivity contribution < 1.29 is 23.8 Å². The summed E-state index contributed by atoms with van der Waals surface area (Å²) < 4.78 is 25.2. The monoisotopic (exact) mass is 567 g/mol. The summed E-state index contributed by atoms with van der Waals surface area (Å²) in [7, 11) is 0. The second kappa shape index (κ2) is 12.3. The Morgan fingerprint density at radius 2 is 1.98 bits per heavy atom. The largest absolute Gasteiger partial charge is 0.474 e. The fourth-order valence-electron chi connectivity index (χ4n) is 6.57. The van der Waals surface area contributed by atoms with Crippen molar-refractivity contribution >= 4 is 11.6 Å².